The summed E-state index contributed by atoms with van der Waals surface area (Å²) in [6, 6.07) is 6.39. The highest BCUT2D eigenvalue weighted by atomic mass is 35.5. The van der Waals surface area contributed by atoms with Crippen LogP contribution in [0.25, 0.3) is 10.9 Å². The van der Waals surface area contributed by atoms with Crippen LogP contribution in [0.15, 0.2) is 30.6 Å². The normalized spacial score (nSPS) is 20.7. The monoisotopic (exact) mass is 508 g/mol. The van der Waals surface area contributed by atoms with E-state index in [1.165, 1.54) is 12.4 Å². The summed E-state index contributed by atoms with van der Waals surface area (Å²) in [5, 5.41) is 3.95. The fraction of sp³-hybridized carbons (Fsp3) is 0.391. The zero-order valence-corrected chi connectivity index (χ0v) is 19.9. The molecule has 2 fully saturated rings. The van der Waals surface area contributed by atoms with E-state index < -0.39 is 5.82 Å². The Balaban J connectivity index is 1.36. The number of nitrogens with zero attached hydrogens (tertiary/aromatic N) is 3. The molecular weight excluding hydrogens is 486 g/mol. The van der Waals surface area contributed by atoms with E-state index >= 15 is 0 Å². The maximum absolute atomic E-state index is 14.4. The second-order valence-electron chi connectivity index (χ2n) is 8.10. The number of benzene rings is 2. The third-order valence-electron chi connectivity index (χ3n) is 5.92. The predicted octanol–water partition coefficient (Wildman–Crippen LogP) is 4.31. The summed E-state index contributed by atoms with van der Waals surface area (Å²) in [6.07, 6.45) is 1.33. The van der Waals surface area contributed by atoms with Crippen LogP contribution in [0.2, 0.25) is 10.0 Å². The minimum Gasteiger partial charge on any atom is -0.493 e. The molecule has 3 aromatic rings. The zero-order chi connectivity index (χ0) is 23.7. The van der Waals surface area contributed by atoms with Gasteiger partial charge in [0.05, 0.1) is 54.2 Å². The first-order chi connectivity index (χ1) is 16.5. The van der Waals surface area contributed by atoms with Crippen LogP contribution in [-0.4, -0.2) is 73.6 Å². The highest BCUT2D eigenvalue weighted by molar-refractivity contribution is 6.42. The Bertz CT molecular complexity index is 1200. The molecule has 1 aromatic heterocycles. The van der Waals surface area contributed by atoms with E-state index in [1.807, 2.05) is 0 Å². The Morgan fingerprint density at radius 1 is 1.15 bits per heavy atom. The Morgan fingerprint density at radius 2 is 2.00 bits per heavy atom. The van der Waals surface area contributed by atoms with E-state index in [9.17, 15) is 4.39 Å². The quantitative estimate of drug-likeness (QED) is 0.493. The molecule has 0 unspecified atom stereocenters. The van der Waals surface area contributed by atoms with Gasteiger partial charge >= 0.3 is 0 Å². The predicted molar refractivity (Wildman–Crippen MR) is 127 cm³/mol. The first-order valence-electron chi connectivity index (χ1n) is 10.8. The molecule has 0 aliphatic carbocycles. The van der Waals surface area contributed by atoms with Crippen molar-refractivity contribution in [3.8, 4) is 11.5 Å². The average Bonchev–Trinajstić information content (AvgIpc) is 2.85. The van der Waals surface area contributed by atoms with E-state index in [0.717, 1.165) is 25.8 Å². The van der Waals surface area contributed by atoms with Crippen molar-refractivity contribution in [2.24, 2.45) is 0 Å². The number of morpholine rings is 2. The lowest BCUT2D eigenvalue weighted by Gasteiger charge is -2.41. The molecule has 2 aliphatic heterocycles. The van der Waals surface area contributed by atoms with Crippen molar-refractivity contribution < 1.29 is 23.3 Å². The van der Waals surface area contributed by atoms with Crippen molar-refractivity contribution in [2.75, 3.05) is 51.9 Å². The molecule has 0 amide bonds. The van der Waals surface area contributed by atoms with Gasteiger partial charge in [0.25, 0.3) is 0 Å². The minimum absolute atomic E-state index is 0.0602. The molecule has 180 valence electrons. The van der Waals surface area contributed by atoms with Gasteiger partial charge in [-0.05, 0) is 18.2 Å². The molecule has 2 atom stereocenters. The minimum atomic E-state index is -0.553. The lowest BCUT2D eigenvalue weighted by molar-refractivity contribution is -0.124. The first kappa shape index (κ1) is 23.3. The van der Waals surface area contributed by atoms with Gasteiger partial charge in [0, 0.05) is 24.5 Å². The summed E-state index contributed by atoms with van der Waals surface area (Å²) in [6.45, 7) is 4.12. The summed E-state index contributed by atoms with van der Waals surface area (Å²) in [5.74, 6) is 0.872. The number of halogens is 3. The lowest BCUT2D eigenvalue weighted by Crippen LogP contribution is -2.56. The van der Waals surface area contributed by atoms with E-state index in [-0.39, 0.29) is 21.8 Å². The molecule has 5 rings (SSSR count). The van der Waals surface area contributed by atoms with Crippen molar-refractivity contribution in [3.63, 3.8) is 0 Å². The van der Waals surface area contributed by atoms with Gasteiger partial charge in [-0.2, -0.15) is 0 Å². The Hall–Kier alpha value is -2.43. The van der Waals surface area contributed by atoms with Crippen LogP contribution >= 0.6 is 23.2 Å². The van der Waals surface area contributed by atoms with Crippen LogP contribution in [0, 0.1) is 5.82 Å². The number of ether oxygens (including phenoxy) is 4. The Morgan fingerprint density at radius 3 is 2.85 bits per heavy atom. The third-order valence-corrected chi connectivity index (χ3v) is 6.64. The number of hydrogen-bond acceptors (Lipinski definition) is 8. The largest absolute Gasteiger partial charge is 0.493 e. The molecule has 2 aliphatic rings. The van der Waals surface area contributed by atoms with Crippen molar-refractivity contribution in [1.29, 1.82) is 0 Å². The van der Waals surface area contributed by atoms with Crippen molar-refractivity contribution in [3.05, 3.63) is 46.5 Å². The molecule has 2 aromatic carbocycles. The second-order valence-corrected chi connectivity index (χ2v) is 8.92. The maximum Gasteiger partial charge on any atom is 0.163 e. The first-order valence-corrected chi connectivity index (χ1v) is 11.6. The topological polar surface area (TPSA) is 78.0 Å². The number of aromatic nitrogens is 2. The molecular formula is C23H23Cl2FN4O4. The summed E-state index contributed by atoms with van der Waals surface area (Å²) in [4.78, 5) is 11.0. The summed E-state index contributed by atoms with van der Waals surface area (Å²) in [5.41, 5.74) is 0.746. The van der Waals surface area contributed by atoms with Crippen molar-refractivity contribution in [1.82, 2.24) is 14.9 Å². The van der Waals surface area contributed by atoms with E-state index in [1.54, 1.807) is 19.2 Å². The van der Waals surface area contributed by atoms with Gasteiger partial charge in [-0.1, -0.05) is 23.2 Å². The number of rotatable bonds is 6. The molecule has 0 bridgehead atoms. The fourth-order valence-corrected chi connectivity index (χ4v) is 4.42. The summed E-state index contributed by atoms with van der Waals surface area (Å²) >= 11 is 11.9. The van der Waals surface area contributed by atoms with Gasteiger partial charge in [0.15, 0.2) is 11.5 Å². The number of methoxy groups -OCH3 is 1. The van der Waals surface area contributed by atoms with Gasteiger partial charge in [0.1, 0.15) is 30.7 Å². The van der Waals surface area contributed by atoms with E-state index in [4.69, 9.17) is 42.1 Å². The highest BCUT2D eigenvalue weighted by Gasteiger charge is 2.31. The van der Waals surface area contributed by atoms with Crippen LogP contribution in [-0.2, 0) is 9.47 Å². The van der Waals surface area contributed by atoms with Crippen LogP contribution < -0.4 is 14.8 Å². The third kappa shape index (κ3) is 4.85. The van der Waals surface area contributed by atoms with Crippen molar-refractivity contribution >= 4 is 45.6 Å². The van der Waals surface area contributed by atoms with Gasteiger partial charge < -0.3 is 24.3 Å². The zero-order valence-electron chi connectivity index (χ0n) is 18.4. The summed E-state index contributed by atoms with van der Waals surface area (Å²) < 4.78 is 37.5. The molecule has 8 nitrogen and oxygen atoms in total. The van der Waals surface area contributed by atoms with Gasteiger partial charge in [0.2, 0.25) is 0 Å². The number of anilines is 2. The molecule has 34 heavy (non-hydrogen) atoms. The molecule has 0 saturated carbocycles. The molecule has 0 spiro atoms. The van der Waals surface area contributed by atoms with E-state index in [2.05, 4.69) is 20.2 Å². The summed E-state index contributed by atoms with van der Waals surface area (Å²) in [7, 11) is 1.55. The maximum atomic E-state index is 14.4. The SMILES string of the molecule is COc1cc2c(Nc3cc(Cl)c(Cl)cc3F)ncnc2cc1OC[C@H]1CN2CCOC[C@H]2CO1. The molecule has 0 radical (unpaired) electrons. The number of fused-ring (bicyclic) bond motifs is 2. The van der Waals surface area contributed by atoms with Crippen LogP contribution in [0.4, 0.5) is 15.9 Å². The van der Waals surface area contributed by atoms with Crippen LogP contribution in [0.5, 0.6) is 11.5 Å². The van der Waals surface area contributed by atoms with E-state index in [0.29, 0.717) is 54.1 Å². The molecule has 2 saturated heterocycles. The average molecular weight is 509 g/mol. The number of nitrogens with one attached hydrogen (secondary N) is 1. The fourth-order valence-electron chi connectivity index (χ4n) is 4.11. The standard InChI is InChI=1S/C23H23Cl2FN4O4/c1-31-21-4-15-19(27-12-28-23(15)29-20-6-17(25)16(24)5-18(20)26)7-22(21)34-11-14-8-30-2-3-32-9-13(30)10-33-14/h4-7,12-14H,2-3,8-11H2,1H3,(H,27,28,29)/t13-,14+/m0/s1. The Labute approximate surface area is 205 Å². The highest BCUT2D eigenvalue weighted by Crippen LogP contribution is 2.36. The van der Waals surface area contributed by atoms with Gasteiger partial charge in [-0.15, -0.1) is 0 Å². The second kappa shape index (κ2) is 10.1. The lowest BCUT2D eigenvalue weighted by atomic mass is 10.1. The smallest absolute Gasteiger partial charge is 0.163 e. The number of hydrogen-bond donors (Lipinski definition) is 1. The van der Waals surface area contributed by atoms with Crippen LogP contribution in [0.3, 0.4) is 0 Å². The van der Waals surface area contributed by atoms with Gasteiger partial charge in [-0.3, -0.25) is 4.90 Å². The van der Waals surface area contributed by atoms with Crippen molar-refractivity contribution in [2.45, 2.75) is 12.1 Å². The van der Waals surface area contributed by atoms with Gasteiger partial charge in [-0.25, -0.2) is 14.4 Å². The van der Waals surface area contributed by atoms with Crippen LogP contribution in [0.1, 0.15) is 0 Å². The molecule has 3 heterocycles. The molecule has 11 heteroatoms. The molecule has 1 N–H and O–H groups in total. The Kier molecular flexibility index (Phi) is 6.89.